The Morgan fingerprint density at radius 1 is 1.04 bits per heavy atom. The van der Waals surface area contributed by atoms with Crippen molar-refractivity contribution in [2.24, 2.45) is 0 Å². The van der Waals surface area contributed by atoms with Crippen LogP contribution in [0.3, 0.4) is 0 Å². The Hall–Kier alpha value is -3.40. The van der Waals surface area contributed by atoms with Gasteiger partial charge in [-0.25, -0.2) is 0 Å². The molecule has 1 amide bonds. The number of hydrogen-bond donors (Lipinski definition) is 1. The van der Waals surface area contributed by atoms with Gasteiger partial charge in [-0.15, -0.1) is 0 Å². The fraction of sp³-hybridized carbons (Fsp3) is 0.0909. The van der Waals surface area contributed by atoms with E-state index in [1.807, 2.05) is 24.4 Å². The number of benzene rings is 2. The molecule has 26 heavy (non-hydrogen) atoms. The van der Waals surface area contributed by atoms with E-state index in [-0.39, 0.29) is 5.91 Å². The molecule has 0 aliphatic carbocycles. The predicted molar refractivity (Wildman–Crippen MR) is 102 cm³/mol. The molecule has 0 saturated carbocycles. The molecular weight excluding hydrogens is 322 g/mol. The Labute approximate surface area is 151 Å². The van der Waals surface area contributed by atoms with Gasteiger partial charge in [0.15, 0.2) is 0 Å². The molecule has 1 aliphatic rings. The monoisotopic (exact) mass is 339 g/mol. The van der Waals surface area contributed by atoms with E-state index >= 15 is 0 Å². The lowest BCUT2D eigenvalue weighted by Crippen LogP contribution is -2.12. The first-order chi connectivity index (χ1) is 12.8. The minimum Gasteiger partial charge on any atom is -0.348 e. The summed E-state index contributed by atoms with van der Waals surface area (Å²) < 4.78 is 2.24. The molecule has 5 rings (SSSR count). The number of rotatable bonds is 3. The number of fused-ring (bicyclic) bond motifs is 2. The van der Waals surface area contributed by atoms with Gasteiger partial charge in [-0.3, -0.25) is 9.78 Å². The molecule has 0 saturated heterocycles. The number of nitrogens with one attached hydrogen (secondary N) is 1. The van der Waals surface area contributed by atoms with Crippen LogP contribution < -0.4 is 5.32 Å². The zero-order valence-electron chi connectivity index (χ0n) is 14.1. The molecule has 1 aliphatic heterocycles. The van der Waals surface area contributed by atoms with Gasteiger partial charge in [-0.2, -0.15) is 0 Å². The first-order valence-corrected chi connectivity index (χ1v) is 8.68. The van der Waals surface area contributed by atoms with E-state index in [2.05, 4.69) is 63.5 Å². The Morgan fingerprint density at radius 2 is 1.92 bits per heavy atom. The number of nitrogens with zero attached hydrogens (tertiary/aromatic N) is 2. The van der Waals surface area contributed by atoms with Crippen LogP contribution in [0.5, 0.6) is 0 Å². The predicted octanol–water partition coefficient (Wildman–Crippen LogP) is 4.00. The van der Waals surface area contributed by atoms with Crippen molar-refractivity contribution in [3.05, 3.63) is 89.7 Å². The van der Waals surface area contributed by atoms with E-state index in [4.69, 9.17) is 0 Å². The van der Waals surface area contributed by atoms with E-state index in [1.165, 1.54) is 5.56 Å². The number of carbonyl (C=O) groups is 1. The molecule has 0 unspecified atom stereocenters. The highest BCUT2D eigenvalue weighted by Gasteiger charge is 2.19. The zero-order chi connectivity index (χ0) is 17.5. The second-order valence-corrected chi connectivity index (χ2v) is 6.61. The van der Waals surface area contributed by atoms with Crippen LogP contribution in [0.25, 0.3) is 22.2 Å². The minimum absolute atomic E-state index is 0.00620. The fourth-order valence-corrected chi connectivity index (χ4v) is 3.55. The second kappa shape index (κ2) is 5.85. The third kappa shape index (κ3) is 2.47. The highest BCUT2D eigenvalue weighted by atomic mass is 16.1. The molecule has 0 atom stereocenters. The number of hydrogen-bond acceptors (Lipinski definition) is 2. The third-order valence-electron chi connectivity index (χ3n) is 4.94. The highest BCUT2D eigenvalue weighted by Crippen LogP contribution is 2.27. The van der Waals surface area contributed by atoms with Gasteiger partial charge in [0, 0.05) is 42.0 Å². The summed E-state index contributed by atoms with van der Waals surface area (Å²) in [6.45, 7) is 1.42. The van der Waals surface area contributed by atoms with Crippen molar-refractivity contribution in [1.82, 2.24) is 14.9 Å². The average molecular weight is 339 g/mol. The number of carbonyl (C=O) groups excluding carboxylic acids is 1. The largest absolute Gasteiger partial charge is 0.348 e. The van der Waals surface area contributed by atoms with Crippen molar-refractivity contribution >= 4 is 16.8 Å². The number of aromatic nitrogens is 2. The van der Waals surface area contributed by atoms with Crippen molar-refractivity contribution in [2.45, 2.75) is 13.1 Å². The van der Waals surface area contributed by atoms with Gasteiger partial charge in [-0.1, -0.05) is 36.4 Å². The summed E-state index contributed by atoms with van der Waals surface area (Å²) in [4.78, 5) is 16.4. The Morgan fingerprint density at radius 3 is 2.81 bits per heavy atom. The smallest absolute Gasteiger partial charge is 0.251 e. The molecule has 126 valence electrons. The van der Waals surface area contributed by atoms with Gasteiger partial charge in [0.1, 0.15) is 0 Å². The third-order valence-corrected chi connectivity index (χ3v) is 4.94. The maximum Gasteiger partial charge on any atom is 0.251 e. The van der Waals surface area contributed by atoms with Crippen LogP contribution in [0.2, 0.25) is 0 Å². The molecule has 0 fully saturated rings. The molecule has 1 N–H and O–H groups in total. The number of pyridine rings is 1. The minimum atomic E-state index is 0.00620. The summed E-state index contributed by atoms with van der Waals surface area (Å²) in [7, 11) is 0. The molecule has 2 aromatic heterocycles. The lowest BCUT2D eigenvalue weighted by molar-refractivity contribution is 0.0966. The van der Waals surface area contributed by atoms with Crippen LogP contribution in [-0.2, 0) is 13.1 Å². The molecule has 4 nitrogen and oxygen atoms in total. The van der Waals surface area contributed by atoms with Crippen molar-refractivity contribution in [1.29, 1.82) is 0 Å². The van der Waals surface area contributed by atoms with Gasteiger partial charge >= 0.3 is 0 Å². The van der Waals surface area contributed by atoms with Crippen LogP contribution in [0.4, 0.5) is 0 Å². The summed E-state index contributed by atoms with van der Waals surface area (Å²) in [6.07, 6.45) is 4.02. The summed E-state index contributed by atoms with van der Waals surface area (Å²) >= 11 is 0. The SMILES string of the molecule is O=C1NCc2cc(-c3cc4c(ccn4Cc4ccccc4)cn3)ccc21. The van der Waals surface area contributed by atoms with Gasteiger partial charge in [0.05, 0.1) is 11.2 Å². The Balaban J connectivity index is 1.55. The molecule has 4 heteroatoms. The summed E-state index contributed by atoms with van der Waals surface area (Å²) in [5.41, 5.74) is 6.19. The van der Waals surface area contributed by atoms with E-state index in [0.717, 1.165) is 39.8 Å². The number of amides is 1. The quantitative estimate of drug-likeness (QED) is 0.613. The van der Waals surface area contributed by atoms with Crippen molar-refractivity contribution in [2.75, 3.05) is 0 Å². The zero-order valence-corrected chi connectivity index (χ0v) is 14.1. The van der Waals surface area contributed by atoms with E-state index in [1.54, 1.807) is 0 Å². The summed E-state index contributed by atoms with van der Waals surface area (Å²) in [5.74, 6) is 0.00620. The average Bonchev–Trinajstić information content (AvgIpc) is 3.26. The summed E-state index contributed by atoms with van der Waals surface area (Å²) in [5, 5.41) is 3.99. The van der Waals surface area contributed by atoms with Crippen molar-refractivity contribution in [3.63, 3.8) is 0 Å². The molecule has 0 bridgehead atoms. The van der Waals surface area contributed by atoms with Crippen LogP contribution in [0.1, 0.15) is 21.5 Å². The maximum absolute atomic E-state index is 11.7. The lowest BCUT2D eigenvalue weighted by Gasteiger charge is -2.08. The van der Waals surface area contributed by atoms with Crippen LogP contribution in [-0.4, -0.2) is 15.5 Å². The molecule has 0 radical (unpaired) electrons. The van der Waals surface area contributed by atoms with Crippen LogP contribution in [0, 0.1) is 0 Å². The molecular formula is C22H17N3O. The van der Waals surface area contributed by atoms with Crippen molar-refractivity contribution in [3.8, 4) is 11.3 Å². The Bertz CT molecular complexity index is 1130. The van der Waals surface area contributed by atoms with Crippen LogP contribution in [0.15, 0.2) is 73.1 Å². The molecule has 2 aromatic carbocycles. The van der Waals surface area contributed by atoms with Crippen molar-refractivity contribution < 1.29 is 4.79 Å². The highest BCUT2D eigenvalue weighted by molar-refractivity contribution is 5.99. The van der Waals surface area contributed by atoms with E-state index in [0.29, 0.717) is 6.54 Å². The lowest BCUT2D eigenvalue weighted by atomic mass is 10.0. The maximum atomic E-state index is 11.7. The first-order valence-electron chi connectivity index (χ1n) is 8.68. The molecule has 4 aromatic rings. The van der Waals surface area contributed by atoms with Gasteiger partial charge in [0.2, 0.25) is 0 Å². The topological polar surface area (TPSA) is 46.9 Å². The van der Waals surface area contributed by atoms with Crippen LogP contribution >= 0.6 is 0 Å². The molecule has 3 heterocycles. The Kier molecular flexibility index (Phi) is 3.35. The normalized spacial score (nSPS) is 13.0. The summed E-state index contributed by atoms with van der Waals surface area (Å²) in [6, 6.07) is 20.6. The van der Waals surface area contributed by atoms with E-state index in [9.17, 15) is 4.79 Å². The van der Waals surface area contributed by atoms with Gasteiger partial charge < -0.3 is 9.88 Å². The first kappa shape index (κ1) is 14.9. The standard InChI is InChI=1S/C22H17N3O/c26-22-19-7-6-16(10-18(19)13-24-22)20-11-21-17(12-23-20)8-9-25(21)14-15-4-2-1-3-5-15/h1-12H,13-14H2,(H,24,26). The van der Waals surface area contributed by atoms with Gasteiger partial charge in [-0.05, 0) is 35.4 Å². The van der Waals surface area contributed by atoms with Gasteiger partial charge in [0.25, 0.3) is 5.91 Å². The van der Waals surface area contributed by atoms with E-state index < -0.39 is 0 Å². The molecule has 0 spiro atoms. The fourth-order valence-electron chi connectivity index (χ4n) is 3.55. The second-order valence-electron chi connectivity index (χ2n) is 6.61.